The molecule has 88 valence electrons. The van der Waals surface area contributed by atoms with Crippen LogP contribution in [0.4, 0.5) is 8.78 Å². The number of rotatable bonds is 4. The molecule has 2 aliphatic rings. The molecule has 0 aromatic heterocycles. The quantitative estimate of drug-likeness (QED) is 0.773. The third kappa shape index (κ3) is 3.38. The summed E-state index contributed by atoms with van der Waals surface area (Å²) in [6, 6.07) is 1.02. The van der Waals surface area contributed by atoms with Crippen LogP contribution in [0.1, 0.15) is 26.2 Å². The maximum Gasteiger partial charge on any atom is 0.250 e. The van der Waals surface area contributed by atoms with Gasteiger partial charge in [0.25, 0.3) is 6.43 Å². The van der Waals surface area contributed by atoms with Gasteiger partial charge in [0.15, 0.2) is 0 Å². The van der Waals surface area contributed by atoms with Gasteiger partial charge < -0.3 is 5.32 Å². The van der Waals surface area contributed by atoms with E-state index in [4.69, 9.17) is 0 Å². The summed E-state index contributed by atoms with van der Waals surface area (Å²) in [5.41, 5.74) is 0. The molecule has 15 heavy (non-hydrogen) atoms. The normalized spacial score (nSPS) is 33.6. The van der Waals surface area contributed by atoms with E-state index in [9.17, 15) is 8.78 Å². The Labute approximate surface area is 90.0 Å². The minimum atomic E-state index is -2.23. The molecule has 2 rings (SSSR count). The monoisotopic (exact) mass is 218 g/mol. The van der Waals surface area contributed by atoms with Crippen LogP contribution in [0.25, 0.3) is 0 Å². The Morgan fingerprint density at radius 3 is 2.67 bits per heavy atom. The van der Waals surface area contributed by atoms with Gasteiger partial charge in [0.2, 0.25) is 0 Å². The molecule has 0 amide bonds. The molecule has 1 heterocycles. The summed E-state index contributed by atoms with van der Waals surface area (Å²) in [7, 11) is 0. The van der Waals surface area contributed by atoms with Crippen LogP contribution in [0.15, 0.2) is 0 Å². The second kappa shape index (κ2) is 4.74. The molecule has 4 heteroatoms. The van der Waals surface area contributed by atoms with Crippen molar-refractivity contribution >= 4 is 0 Å². The van der Waals surface area contributed by atoms with E-state index in [1.807, 2.05) is 0 Å². The van der Waals surface area contributed by atoms with E-state index in [1.165, 1.54) is 12.8 Å². The Morgan fingerprint density at radius 2 is 2.07 bits per heavy atom. The first-order chi connectivity index (χ1) is 7.15. The lowest BCUT2D eigenvalue weighted by atomic mass is 9.96. The van der Waals surface area contributed by atoms with Crippen molar-refractivity contribution in [1.29, 1.82) is 0 Å². The molecule has 2 nitrogen and oxygen atoms in total. The van der Waals surface area contributed by atoms with Crippen molar-refractivity contribution in [2.75, 3.05) is 19.6 Å². The van der Waals surface area contributed by atoms with Gasteiger partial charge >= 0.3 is 0 Å². The first kappa shape index (κ1) is 11.3. The summed E-state index contributed by atoms with van der Waals surface area (Å²) in [5, 5.41) is 2.97. The maximum absolute atomic E-state index is 12.1. The lowest BCUT2D eigenvalue weighted by Gasteiger charge is -2.37. The van der Waals surface area contributed by atoms with Crippen molar-refractivity contribution in [3.05, 3.63) is 0 Å². The summed E-state index contributed by atoms with van der Waals surface area (Å²) >= 11 is 0. The van der Waals surface area contributed by atoms with Gasteiger partial charge in [-0.05, 0) is 25.2 Å². The fourth-order valence-electron chi connectivity index (χ4n) is 2.53. The van der Waals surface area contributed by atoms with Crippen molar-refractivity contribution in [3.8, 4) is 0 Å². The summed E-state index contributed by atoms with van der Waals surface area (Å²) in [4.78, 5) is 2.47. The summed E-state index contributed by atoms with van der Waals surface area (Å²) < 4.78 is 24.2. The molecular formula is C11H20F2N2. The van der Waals surface area contributed by atoms with Crippen LogP contribution in [-0.4, -0.2) is 43.0 Å². The Morgan fingerprint density at radius 1 is 1.33 bits per heavy atom. The van der Waals surface area contributed by atoms with Gasteiger partial charge in [0, 0.05) is 25.2 Å². The molecule has 1 N–H and O–H groups in total. The Kier molecular flexibility index (Phi) is 3.57. The molecule has 0 bridgehead atoms. The second-order valence-electron chi connectivity index (χ2n) is 5.02. The lowest BCUT2D eigenvalue weighted by Crippen LogP contribution is -2.50. The van der Waals surface area contributed by atoms with Gasteiger partial charge in [-0.2, -0.15) is 0 Å². The predicted octanol–water partition coefficient (Wildman–Crippen LogP) is 1.71. The van der Waals surface area contributed by atoms with E-state index in [2.05, 4.69) is 17.1 Å². The van der Waals surface area contributed by atoms with Gasteiger partial charge in [-0.25, -0.2) is 8.78 Å². The van der Waals surface area contributed by atoms with E-state index in [0.717, 1.165) is 25.6 Å². The minimum Gasteiger partial charge on any atom is -0.307 e. The highest BCUT2D eigenvalue weighted by molar-refractivity contribution is 4.91. The van der Waals surface area contributed by atoms with Crippen molar-refractivity contribution in [1.82, 2.24) is 10.2 Å². The smallest absolute Gasteiger partial charge is 0.250 e. The van der Waals surface area contributed by atoms with Gasteiger partial charge in [-0.1, -0.05) is 6.92 Å². The Bertz CT molecular complexity index is 207. The van der Waals surface area contributed by atoms with Gasteiger partial charge in [-0.3, -0.25) is 4.90 Å². The number of hydrogen-bond donors (Lipinski definition) is 1. The molecule has 2 atom stereocenters. The average molecular weight is 218 g/mol. The second-order valence-corrected chi connectivity index (χ2v) is 5.02. The summed E-state index contributed by atoms with van der Waals surface area (Å²) in [5.74, 6) is 0.634. The molecule has 1 saturated heterocycles. The van der Waals surface area contributed by atoms with Crippen LogP contribution >= 0.6 is 0 Å². The largest absolute Gasteiger partial charge is 0.307 e. The van der Waals surface area contributed by atoms with E-state index in [1.54, 1.807) is 0 Å². The fraction of sp³-hybridized carbons (Fsp3) is 1.00. The zero-order valence-electron chi connectivity index (χ0n) is 9.26. The molecule has 0 spiro atoms. The number of alkyl halides is 2. The average Bonchev–Trinajstić information content (AvgIpc) is 2.97. The first-order valence-corrected chi connectivity index (χ1v) is 5.90. The van der Waals surface area contributed by atoms with Gasteiger partial charge in [-0.15, -0.1) is 0 Å². The first-order valence-electron chi connectivity index (χ1n) is 5.90. The molecule has 2 unspecified atom stereocenters. The standard InChI is InChI=1S/C11H20F2N2/c1-8-4-9(14-5-11(12)13)7-15(6-8)10-2-3-10/h8-11,14H,2-7H2,1H3. The van der Waals surface area contributed by atoms with E-state index < -0.39 is 6.43 Å². The topological polar surface area (TPSA) is 15.3 Å². The Hall–Kier alpha value is -0.220. The molecule has 0 radical (unpaired) electrons. The van der Waals surface area contributed by atoms with E-state index in [0.29, 0.717) is 5.92 Å². The molecule has 1 aliphatic carbocycles. The molecular weight excluding hydrogens is 198 g/mol. The van der Waals surface area contributed by atoms with Crippen molar-refractivity contribution < 1.29 is 8.78 Å². The maximum atomic E-state index is 12.1. The van der Waals surface area contributed by atoms with Crippen LogP contribution in [0.5, 0.6) is 0 Å². The van der Waals surface area contributed by atoms with Crippen LogP contribution in [0.3, 0.4) is 0 Å². The molecule has 1 aliphatic heterocycles. The fourth-order valence-corrected chi connectivity index (χ4v) is 2.53. The van der Waals surface area contributed by atoms with Crippen molar-refractivity contribution in [3.63, 3.8) is 0 Å². The van der Waals surface area contributed by atoms with E-state index >= 15 is 0 Å². The van der Waals surface area contributed by atoms with Crippen LogP contribution < -0.4 is 5.32 Å². The number of halogens is 2. The van der Waals surface area contributed by atoms with Crippen LogP contribution in [0.2, 0.25) is 0 Å². The number of nitrogens with one attached hydrogen (secondary N) is 1. The lowest BCUT2D eigenvalue weighted by molar-refractivity contribution is 0.109. The van der Waals surface area contributed by atoms with E-state index in [-0.39, 0.29) is 12.6 Å². The number of likely N-dealkylation sites (tertiary alicyclic amines) is 1. The Balaban J connectivity index is 1.78. The van der Waals surface area contributed by atoms with Gasteiger partial charge in [0.1, 0.15) is 0 Å². The summed E-state index contributed by atoms with van der Waals surface area (Å²) in [6.45, 7) is 4.17. The van der Waals surface area contributed by atoms with Crippen molar-refractivity contribution in [2.45, 2.75) is 44.7 Å². The zero-order valence-corrected chi connectivity index (χ0v) is 9.26. The minimum absolute atomic E-state index is 0.157. The SMILES string of the molecule is CC1CC(NCC(F)F)CN(C2CC2)C1. The number of nitrogens with zero attached hydrogens (tertiary/aromatic N) is 1. The molecule has 1 saturated carbocycles. The highest BCUT2D eigenvalue weighted by Gasteiger charge is 2.34. The van der Waals surface area contributed by atoms with Crippen LogP contribution in [0, 0.1) is 5.92 Å². The summed E-state index contributed by atoms with van der Waals surface area (Å²) in [6.07, 6.45) is 1.41. The highest BCUT2D eigenvalue weighted by Crippen LogP contribution is 2.30. The highest BCUT2D eigenvalue weighted by atomic mass is 19.3. The third-order valence-corrected chi connectivity index (χ3v) is 3.31. The number of hydrogen-bond acceptors (Lipinski definition) is 2. The molecule has 2 fully saturated rings. The van der Waals surface area contributed by atoms with Crippen molar-refractivity contribution in [2.24, 2.45) is 5.92 Å². The molecule has 0 aromatic rings. The molecule has 0 aromatic carbocycles. The predicted molar refractivity (Wildman–Crippen MR) is 56.2 cm³/mol. The third-order valence-electron chi connectivity index (χ3n) is 3.31. The van der Waals surface area contributed by atoms with Crippen LogP contribution in [-0.2, 0) is 0 Å². The number of piperidine rings is 1. The van der Waals surface area contributed by atoms with Gasteiger partial charge in [0.05, 0.1) is 6.54 Å². The zero-order chi connectivity index (χ0) is 10.8.